The molecule has 0 aliphatic carbocycles. The smallest absolute Gasteiger partial charge is 0.245 e. The first-order chi connectivity index (χ1) is 8.20. The molecule has 2 amide bonds. The van der Waals surface area contributed by atoms with Crippen LogP contribution in [0, 0.1) is 0 Å². The van der Waals surface area contributed by atoms with Gasteiger partial charge in [0.1, 0.15) is 6.04 Å². The number of carbonyl (C=O) groups excluding carboxylic acids is 2. The maximum Gasteiger partial charge on any atom is 0.245 e. The average molecular weight is 241 g/mol. The highest BCUT2D eigenvalue weighted by Gasteiger charge is 2.33. The molecule has 2 saturated heterocycles. The van der Waals surface area contributed by atoms with Crippen LogP contribution in [0.2, 0.25) is 0 Å². The number of nitrogens with zero attached hydrogens (tertiary/aromatic N) is 1. The van der Waals surface area contributed by atoms with E-state index in [2.05, 4.69) is 10.6 Å². The summed E-state index contributed by atoms with van der Waals surface area (Å²) in [7, 11) is 1.86. The first-order valence-corrected chi connectivity index (χ1v) is 6.05. The molecule has 0 saturated carbocycles. The van der Waals surface area contributed by atoms with Crippen molar-refractivity contribution in [3.8, 4) is 0 Å². The van der Waals surface area contributed by atoms with Crippen LogP contribution in [0.5, 0.6) is 0 Å². The molecule has 0 aromatic rings. The molecule has 0 aromatic heterocycles. The lowest BCUT2D eigenvalue weighted by Gasteiger charge is -2.34. The minimum absolute atomic E-state index is 0.0246. The standard InChI is InChI=1S/C11H19N3O3/c1-12-6-8-7-14(4-5-17-8)11(16)9-2-3-10(15)13-9/h8-9,12H,2-7H2,1H3,(H,13,15)/t8?,9-/m1/s1. The second-order valence-corrected chi connectivity index (χ2v) is 4.49. The zero-order chi connectivity index (χ0) is 12.3. The highest BCUT2D eigenvalue weighted by Crippen LogP contribution is 2.12. The molecule has 2 heterocycles. The third-order valence-electron chi connectivity index (χ3n) is 3.18. The number of likely N-dealkylation sites (N-methyl/N-ethyl adjacent to an activating group) is 1. The Hall–Kier alpha value is -1.14. The predicted molar refractivity (Wildman–Crippen MR) is 61.4 cm³/mol. The lowest BCUT2D eigenvalue weighted by atomic mass is 10.1. The largest absolute Gasteiger partial charge is 0.373 e. The SMILES string of the molecule is CNCC1CN(C(=O)[C@H]2CCC(=O)N2)CCO1. The summed E-state index contributed by atoms with van der Waals surface area (Å²) in [6, 6.07) is -0.323. The van der Waals surface area contributed by atoms with Crippen molar-refractivity contribution in [3.63, 3.8) is 0 Å². The van der Waals surface area contributed by atoms with Crippen LogP contribution in [0.3, 0.4) is 0 Å². The first-order valence-electron chi connectivity index (χ1n) is 6.05. The Balaban J connectivity index is 1.88. The minimum atomic E-state index is -0.323. The van der Waals surface area contributed by atoms with Crippen LogP contribution < -0.4 is 10.6 Å². The molecule has 2 fully saturated rings. The van der Waals surface area contributed by atoms with Gasteiger partial charge in [-0.25, -0.2) is 0 Å². The van der Waals surface area contributed by atoms with Gasteiger partial charge in [-0.3, -0.25) is 9.59 Å². The molecule has 2 aliphatic heterocycles. The summed E-state index contributed by atoms with van der Waals surface area (Å²) in [4.78, 5) is 25.0. The van der Waals surface area contributed by atoms with Crippen molar-refractivity contribution in [2.24, 2.45) is 0 Å². The molecular formula is C11H19N3O3. The van der Waals surface area contributed by atoms with E-state index in [1.807, 2.05) is 7.05 Å². The monoisotopic (exact) mass is 241 g/mol. The van der Waals surface area contributed by atoms with Crippen molar-refractivity contribution < 1.29 is 14.3 Å². The predicted octanol–water partition coefficient (Wildman–Crippen LogP) is -1.29. The van der Waals surface area contributed by atoms with Crippen molar-refractivity contribution in [2.75, 3.05) is 33.3 Å². The molecule has 17 heavy (non-hydrogen) atoms. The molecule has 2 N–H and O–H groups in total. The molecular weight excluding hydrogens is 222 g/mol. The van der Waals surface area contributed by atoms with E-state index in [1.165, 1.54) is 0 Å². The maximum absolute atomic E-state index is 12.1. The molecule has 1 unspecified atom stereocenters. The Morgan fingerprint density at radius 1 is 1.65 bits per heavy atom. The summed E-state index contributed by atoms with van der Waals surface area (Å²) in [6.45, 7) is 2.52. The van der Waals surface area contributed by atoms with Crippen molar-refractivity contribution in [1.82, 2.24) is 15.5 Å². The van der Waals surface area contributed by atoms with E-state index in [0.29, 0.717) is 32.5 Å². The van der Waals surface area contributed by atoms with Crippen LogP contribution in [0.25, 0.3) is 0 Å². The van der Waals surface area contributed by atoms with Gasteiger partial charge in [-0.2, -0.15) is 0 Å². The van der Waals surface area contributed by atoms with Crippen LogP contribution in [-0.2, 0) is 14.3 Å². The van der Waals surface area contributed by atoms with Gasteiger partial charge in [0, 0.05) is 26.1 Å². The van der Waals surface area contributed by atoms with Gasteiger partial charge in [-0.15, -0.1) is 0 Å². The van der Waals surface area contributed by atoms with Gasteiger partial charge >= 0.3 is 0 Å². The Bertz CT molecular complexity index is 306. The number of morpholine rings is 1. The van der Waals surface area contributed by atoms with E-state index in [0.717, 1.165) is 6.54 Å². The van der Waals surface area contributed by atoms with Crippen molar-refractivity contribution in [3.05, 3.63) is 0 Å². The Labute approximate surface area is 101 Å². The molecule has 0 aromatic carbocycles. The van der Waals surface area contributed by atoms with E-state index in [1.54, 1.807) is 4.90 Å². The summed E-state index contributed by atoms with van der Waals surface area (Å²) >= 11 is 0. The zero-order valence-corrected chi connectivity index (χ0v) is 10.1. The topological polar surface area (TPSA) is 70.7 Å². The molecule has 2 aliphatic rings. The molecule has 6 nitrogen and oxygen atoms in total. The second-order valence-electron chi connectivity index (χ2n) is 4.49. The van der Waals surface area contributed by atoms with Gasteiger partial charge in [-0.1, -0.05) is 0 Å². The van der Waals surface area contributed by atoms with Crippen LogP contribution in [0.1, 0.15) is 12.8 Å². The fourth-order valence-electron chi connectivity index (χ4n) is 2.29. The van der Waals surface area contributed by atoms with Gasteiger partial charge < -0.3 is 20.3 Å². The van der Waals surface area contributed by atoms with Crippen LogP contribution in [-0.4, -0.2) is 62.1 Å². The summed E-state index contributed by atoms with van der Waals surface area (Å²) in [5, 5.41) is 5.75. The Morgan fingerprint density at radius 2 is 2.47 bits per heavy atom. The lowest BCUT2D eigenvalue weighted by Crippen LogP contribution is -2.53. The van der Waals surface area contributed by atoms with Crippen molar-refractivity contribution in [1.29, 1.82) is 0 Å². The van der Waals surface area contributed by atoms with Crippen LogP contribution in [0.15, 0.2) is 0 Å². The fourth-order valence-corrected chi connectivity index (χ4v) is 2.29. The van der Waals surface area contributed by atoms with E-state index in [-0.39, 0.29) is 24.0 Å². The molecule has 2 rings (SSSR count). The highest BCUT2D eigenvalue weighted by molar-refractivity contribution is 5.90. The number of nitrogens with one attached hydrogen (secondary N) is 2. The van der Waals surface area contributed by atoms with E-state index >= 15 is 0 Å². The summed E-state index contributed by atoms with van der Waals surface area (Å²) < 4.78 is 5.54. The lowest BCUT2D eigenvalue weighted by molar-refractivity contribution is -0.141. The van der Waals surface area contributed by atoms with Gasteiger partial charge in [0.2, 0.25) is 11.8 Å². The summed E-state index contributed by atoms with van der Waals surface area (Å²) in [5.74, 6) is 0.00337. The van der Waals surface area contributed by atoms with Crippen LogP contribution >= 0.6 is 0 Å². The summed E-state index contributed by atoms with van der Waals surface area (Å²) in [5.41, 5.74) is 0. The minimum Gasteiger partial charge on any atom is -0.373 e. The Morgan fingerprint density at radius 3 is 3.12 bits per heavy atom. The quantitative estimate of drug-likeness (QED) is 0.645. The molecule has 0 bridgehead atoms. The third-order valence-corrected chi connectivity index (χ3v) is 3.18. The number of rotatable bonds is 3. The van der Waals surface area contributed by atoms with E-state index in [9.17, 15) is 9.59 Å². The molecule has 0 radical (unpaired) electrons. The fraction of sp³-hybridized carbons (Fsp3) is 0.818. The van der Waals surface area contributed by atoms with E-state index in [4.69, 9.17) is 4.74 Å². The normalized spacial score (nSPS) is 29.2. The number of hydrogen-bond donors (Lipinski definition) is 2. The number of ether oxygens (including phenoxy) is 1. The van der Waals surface area contributed by atoms with Gasteiger partial charge in [-0.05, 0) is 13.5 Å². The Kier molecular flexibility index (Phi) is 3.96. The van der Waals surface area contributed by atoms with Gasteiger partial charge in [0.15, 0.2) is 0 Å². The molecule has 2 atom stereocenters. The molecule has 0 spiro atoms. The zero-order valence-electron chi connectivity index (χ0n) is 10.1. The molecule has 96 valence electrons. The van der Waals surface area contributed by atoms with Gasteiger partial charge in [0.05, 0.1) is 12.7 Å². The third kappa shape index (κ3) is 2.95. The van der Waals surface area contributed by atoms with Crippen molar-refractivity contribution in [2.45, 2.75) is 25.0 Å². The number of hydrogen-bond acceptors (Lipinski definition) is 4. The summed E-state index contributed by atoms with van der Waals surface area (Å²) in [6.07, 6.45) is 1.13. The second kappa shape index (κ2) is 5.46. The average Bonchev–Trinajstić information content (AvgIpc) is 2.76. The van der Waals surface area contributed by atoms with E-state index < -0.39 is 0 Å². The number of carbonyl (C=O) groups is 2. The first kappa shape index (κ1) is 12.3. The van der Waals surface area contributed by atoms with Crippen molar-refractivity contribution >= 4 is 11.8 Å². The number of amides is 2. The highest BCUT2D eigenvalue weighted by atomic mass is 16.5. The maximum atomic E-state index is 12.1. The van der Waals surface area contributed by atoms with Crippen LogP contribution in [0.4, 0.5) is 0 Å². The molecule has 6 heteroatoms. The van der Waals surface area contributed by atoms with Gasteiger partial charge in [0.25, 0.3) is 0 Å².